The Labute approximate surface area is 113 Å². The van der Waals surface area contributed by atoms with Gasteiger partial charge in [-0.25, -0.2) is 0 Å². The van der Waals surface area contributed by atoms with Gasteiger partial charge in [0.05, 0.1) is 11.7 Å². The number of aliphatic hydroxyl groups is 1. The number of amides is 1. The highest BCUT2D eigenvalue weighted by atomic mass is 16.3. The van der Waals surface area contributed by atoms with Crippen molar-refractivity contribution in [2.45, 2.75) is 25.9 Å². The maximum Gasteiger partial charge on any atom is 0.253 e. The minimum Gasteiger partial charge on any atom is -0.393 e. The number of para-hydroxylation sites is 1. The molecule has 0 aliphatic carbocycles. The maximum absolute atomic E-state index is 12.1. The molecule has 2 rings (SSSR count). The zero-order valence-corrected chi connectivity index (χ0v) is 11.4. The lowest BCUT2D eigenvalue weighted by Crippen LogP contribution is -2.24. The number of aromatic nitrogens is 1. The number of aliphatic hydroxyl groups excluding tert-OH is 1. The van der Waals surface area contributed by atoms with E-state index in [1.54, 1.807) is 6.92 Å². The van der Waals surface area contributed by atoms with E-state index in [0.29, 0.717) is 18.5 Å². The summed E-state index contributed by atoms with van der Waals surface area (Å²) in [4.78, 5) is 12.1. The van der Waals surface area contributed by atoms with E-state index in [1.165, 1.54) is 0 Å². The molecule has 0 aliphatic heterocycles. The largest absolute Gasteiger partial charge is 0.393 e. The monoisotopic (exact) mass is 260 g/mol. The van der Waals surface area contributed by atoms with Crippen molar-refractivity contribution in [3.8, 4) is 0 Å². The van der Waals surface area contributed by atoms with Gasteiger partial charge in [-0.3, -0.25) is 4.79 Å². The summed E-state index contributed by atoms with van der Waals surface area (Å²) < 4.78 is 1.96. The van der Waals surface area contributed by atoms with Crippen LogP contribution in [0.15, 0.2) is 30.5 Å². The van der Waals surface area contributed by atoms with Crippen LogP contribution in [-0.4, -0.2) is 28.2 Å². The smallest absolute Gasteiger partial charge is 0.253 e. The van der Waals surface area contributed by atoms with Crippen molar-refractivity contribution in [1.29, 1.82) is 0 Å². The first-order valence-corrected chi connectivity index (χ1v) is 6.60. The summed E-state index contributed by atoms with van der Waals surface area (Å²) in [6.07, 6.45) is 3.04. The molecule has 2 aromatic rings. The standard InChI is InChI=1S/C15H20N2O2/c1-11(18)6-5-9-16-15(19)13-10-17(2)14-8-4-3-7-12(13)14/h3-4,7-8,10-11,18H,5-6,9H2,1-2H3,(H,16,19). The molecule has 102 valence electrons. The van der Waals surface area contributed by atoms with Gasteiger partial charge in [0.15, 0.2) is 0 Å². The normalized spacial score (nSPS) is 12.6. The van der Waals surface area contributed by atoms with E-state index in [2.05, 4.69) is 5.32 Å². The Kier molecular flexibility index (Phi) is 4.22. The first-order valence-electron chi connectivity index (χ1n) is 6.60. The molecule has 1 heterocycles. The van der Waals surface area contributed by atoms with Crippen LogP contribution in [0.5, 0.6) is 0 Å². The van der Waals surface area contributed by atoms with Crippen molar-refractivity contribution in [1.82, 2.24) is 9.88 Å². The van der Waals surface area contributed by atoms with E-state index >= 15 is 0 Å². The lowest BCUT2D eigenvalue weighted by molar-refractivity contribution is 0.0951. The van der Waals surface area contributed by atoms with Crippen molar-refractivity contribution in [3.05, 3.63) is 36.0 Å². The number of carbonyl (C=O) groups excluding carboxylic acids is 1. The maximum atomic E-state index is 12.1. The molecule has 4 heteroatoms. The second kappa shape index (κ2) is 5.89. The molecule has 0 aliphatic rings. The van der Waals surface area contributed by atoms with Crippen LogP contribution in [0.1, 0.15) is 30.1 Å². The lowest BCUT2D eigenvalue weighted by atomic mass is 10.1. The molecule has 0 radical (unpaired) electrons. The number of benzene rings is 1. The predicted molar refractivity (Wildman–Crippen MR) is 76.2 cm³/mol. The van der Waals surface area contributed by atoms with Gasteiger partial charge in [-0.05, 0) is 25.8 Å². The van der Waals surface area contributed by atoms with Crippen molar-refractivity contribution >= 4 is 16.8 Å². The van der Waals surface area contributed by atoms with Crippen LogP contribution in [0.4, 0.5) is 0 Å². The second-order valence-electron chi connectivity index (χ2n) is 4.92. The molecule has 0 saturated carbocycles. The Bertz CT molecular complexity index is 573. The summed E-state index contributed by atoms with van der Waals surface area (Å²) in [6.45, 7) is 2.35. The highest BCUT2D eigenvalue weighted by Gasteiger charge is 2.12. The summed E-state index contributed by atoms with van der Waals surface area (Å²) in [6, 6.07) is 7.86. The molecule has 1 amide bonds. The number of nitrogens with one attached hydrogen (secondary N) is 1. The molecule has 19 heavy (non-hydrogen) atoms. The van der Waals surface area contributed by atoms with Crippen LogP contribution >= 0.6 is 0 Å². The van der Waals surface area contributed by atoms with E-state index in [-0.39, 0.29) is 12.0 Å². The van der Waals surface area contributed by atoms with E-state index in [1.807, 2.05) is 42.1 Å². The molecular weight excluding hydrogens is 240 g/mol. The Hall–Kier alpha value is -1.81. The van der Waals surface area contributed by atoms with Gasteiger partial charge in [0, 0.05) is 30.7 Å². The van der Waals surface area contributed by atoms with Gasteiger partial charge in [-0.15, -0.1) is 0 Å². The minimum atomic E-state index is -0.311. The molecule has 0 saturated heterocycles. The number of hydrogen-bond acceptors (Lipinski definition) is 2. The number of aryl methyl sites for hydroxylation is 1. The van der Waals surface area contributed by atoms with Gasteiger partial charge >= 0.3 is 0 Å². The number of hydrogen-bond donors (Lipinski definition) is 2. The van der Waals surface area contributed by atoms with Crippen LogP contribution < -0.4 is 5.32 Å². The van der Waals surface area contributed by atoms with Crippen LogP contribution in [0.2, 0.25) is 0 Å². The van der Waals surface area contributed by atoms with Gasteiger partial charge in [0.25, 0.3) is 5.91 Å². The highest BCUT2D eigenvalue weighted by molar-refractivity contribution is 6.06. The lowest BCUT2D eigenvalue weighted by Gasteiger charge is -2.05. The van der Waals surface area contributed by atoms with E-state index < -0.39 is 0 Å². The van der Waals surface area contributed by atoms with E-state index in [9.17, 15) is 4.79 Å². The molecular formula is C15H20N2O2. The molecule has 2 N–H and O–H groups in total. The molecule has 0 spiro atoms. The fraction of sp³-hybridized carbons (Fsp3) is 0.400. The summed E-state index contributed by atoms with van der Waals surface area (Å²) in [5, 5.41) is 13.0. The summed E-state index contributed by atoms with van der Waals surface area (Å²) >= 11 is 0. The number of nitrogens with zero attached hydrogens (tertiary/aromatic N) is 1. The number of carbonyl (C=O) groups is 1. The molecule has 0 fully saturated rings. The summed E-state index contributed by atoms with van der Waals surface area (Å²) in [7, 11) is 1.94. The Morgan fingerprint density at radius 2 is 2.16 bits per heavy atom. The average molecular weight is 260 g/mol. The van der Waals surface area contributed by atoms with Gasteiger partial charge in [0.2, 0.25) is 0 Å². The molecule has 1 aromatic heterocycles. The van der Waals surface area contributed by atoms with Crippen molar-refractivity contribution in [2.24, 2.45) is 7.05 Å². The van der Waals surface area contributed by atoms with Crippen LogP contribution in [0.3, 0.4) is 0 Å². The quantitative estimate of drug-likeness (QED) is 0.809. The van der Waals surface area contributed by atoms with Crippen molar-refractivity contribution < 1.29 is 9.90 Å². The third-order valence-electron chi connectivity index (χ3n) is 3.23. The van der Waals surface area contributed by atoms with Gasteiger partial charge in [-0.1, -0.05) is 18.2 Å². The van der Waals surface area contributed by atoms with Gasteiger partial charge in [0.1, 0.15) is 0 Å². The SMILES string of the molecule is CC(O)CCCNC(=O)c1cn(C)c2ccccc12. The molecule has 1 unspecified atom stereocenters. The summed E-state index contributed by atoms with van der Waals surface area (Å²) in [5.74, 6) is -0.0533. The van der Waals surface area contributed by atoms with Crippen molar-refractivity contribution in [3.63, 3.8) is 0 Å². The fourth-order valence-electron chi connectivity index (χ4n) is 2.22. The van der Waals surface area contributed by atoms with Crippen molar-refractivity contribution in [2.75, 3.05) is 6.54 Å². The first kappa shape index (κ1) is 13.6. The topological polar surface area (TPSA) is 54.3 Å². The van der Waals surface area contributed by atoms with Crippen LogP contribution in [0.25, 0.3) is 10.9 Å². The van der Waals surface area contributed by atoms with Crippen LogP contribution in [-0.2, 0) is 7.05 Å². The van der Waals surface area contributed by atoms with Gasteiger partial charge in [-0.2, -0.15) is 0 Å². The van der Waals surface area contributed by atoms with Gasteiger partial charge < -0.3 is 15.0 Å². The third kappa shape index (κ3) is 3.15. The second-order valence-corrected chi connectivity index (χ2v) is 4.92. The average Bonchev–Trinajstić information content (AvgIpc) is 2.72. The van der Waals surface area contributed by atoms with E-state index in [0.717, 1.165) is 17.3 Å². The predicted octanol–water partition coefficient (Wildman–Crippen LogP) is 2.07. The minimum absolute atomic E-state index is 0.0533. The zero-order chi connectivity index (χ0) is 13.8. The zero-order valence-electron chi connectivity index (χ0n) is 11.4. The van der Waals surface area contributed by atoms with E-state index in [4.69, 9.17) is 5.11 Å². The fourth-order valence-corrected chi connectivity index (χ4v) is 2.22. The summed E-state index contributed by atoms with van der Waals surface area (Å²) in [5.41, 5.74) is 1.76. The first-order chi connectivity index (χ1) is 9.09. The third-order valence-corrected chi connectivity index (χ3v) is 3.23. The number of rotatable bonds is 5. The molecule has 1 atom stereocenters. The Balaban J connectivity index is 2.05. The Morgan fingerprint density at radius 3 is 2.89 bits per heavy atom. The highest BCUT2D eigenvalue weighted by Crippen LogP contribution is 2.19. The Morgan fingerprint density at radius 1 is 1.42 bits per heavy atom. The molecule has 0 bridgehead atoms. The van der Waals surface area contributed by atoms with Crippen LogP contribution in [0, 0.1) is 0 Å². The number of fused-ring (bicyclic) bond motifs is 1. The molecule has 1 aromatic carbocycles. The molecule has 4 nitrogen and oxygen atoms in total.